The molecule has 0 aliphatic rings. The van der Waals surface area contributed by atoms with Crippen LogP contribution in [0.3, 0.4) is 0 Å². The van der Waals surface area contributed by atoms with E-state index in [1.165, 1.54) is 0 Å². The molecular weight excluding hydrogens is 687 g/mol. The van der Waals surface area contributed by atoms with Crippen molar-refractivity contribution < 1.29 is 0 Å². The molecule has 56 heavy (non-hydrogen) atoms. The second kappa shape index (κ2) is 14.2. The topological polar surface area (TPSA) is 90.2 Å². The predicted octanol–water partition coefficient (Wildman–Crippen LogP) is 11.4. The van der Waals surface area contributed by atoms with E-state index in [9.17, 15) is 0 Å². The van der Waals surface area contributed by atoms with Crippen molar-refractivity contribution in [3.8, 4) is 79.2 Å². The van der Waals surface area contributed by atoms with E-state index in [0.29, 0.717) is 17.5 Å². The predicted molar refractivity (Wildman–Crippen MR) is 224 cm³/mol. The Kier molecular flexibility index (Phi) is 8.35. The lowest BCUT2D eigenvalue weighted by atomic mass is 10.00. The van der Waals surface area contributed by atoms with E-state index < -0.39 is 0 Å². The van der Waals surface area contributed by atoms with Gasteiger partial charge >= 0.3 is 0 Å². The van der Waals surface area contributed by atoms with E-state index in [1.54, 1.807) is 12.4 Å². The minimum Gasteiger partial charge on any atom is -0.256 e. The summed E-state index contributed by atoms with van der Waals surface area (Å²) in [6.07, 6.45) is 7.44. The van der Waals surface area contributed by atoms with E-state index in [-0.39, 0.29) is 0 Å². The van der Waals surface area contributed by atoms with Crippen molar-refractivity contribution >= 4 is 21.5 Å². The van der Waals surface area contributed by atoms with Crippen molar-refractivity contribution in [3.05, 3.63) is 189 Å². The van der Waals surface area contributed by atoms with Crippen molar-refractivity contribution in [3.63, 3.8) is 0 Å². The molecule has 5 aromatic heterocycles. The second-order valence-corrected chi connectivity index (χ2v) is 13.5. The second-order valence-electron chi connectivity index (χ2n) is 13.5. The molecule has 0 amide bonds. The Morgan fingerprint density at radius 1 is 0.250 bits per heavy atom. The van der Waals surface area contributed by atoms with Gasteiger partial charge in [0, 0.05) is 74.5 Å². The summed E-state index contributed by atoms with van der Waals surface area (Å²) in [4.78, 5) is 34.5. The van der Waals surface area contributed by atoms with Gasteiger partial charge in [0.2, 0.25) is 0 Å². The number of rotatable bonds is 7. The summed E-state index contributed by atoms with van der Waals surface area (Å²) in [6.45, 7) is 0. The van der Waals surface area contributed by atoms with E-state index in [4.69, 9.17) is 24.9 Å². The molecule has 0 aliphatic heterocycles. The van der Waals surface area contributed by atoms with Gasteiger partial charge in [-0.3, -0.25) is 19.9 Å². The molecule has 7 nitrogen and oxygen atoms in total. The van der Waals surface area contributed by atoms with Gasteiger partial charge in [-0.1, -0.05) is 97.1 Å². The smallest absolute Gasteiger partial charge is 0.164 e. The van der Waals surface area contributed by atoms with Crippen molar-refractivity contribution in [2.75, 3.05) is 0 Å². The lowest BCUT2D eigenvalue weighted by Gasteiger charge is -2.13. The van der Waals surface area contributed by atoms with Gasteiger partial charge in [-0.15, -0.1) is 0 Å². The standard InChI is InChI=1S/C49H31N7/c1-3-13-38-30-52-45(28-32(38)11-1)34-15-9-17-36(23-34)47-54-48(37-18-10-16-35(24-37)46-29-33-12-2-4-14-39(33)31-53-46)56-49(55-47)42-26-40(43-19-5-7-21-50-43)25-41(27-42)44-20-6-8-22-51-44/h1-31H. The molecule has 0 unspecified atom stereocenters. The summed E-state index contributed by atoms with van der Waals surface area (Å²) in [5, 5.41) is 4.45. The molecule has 10 rings (SSSR count). The highest BCUT2D eigenvalue weighted by atomic mass is 15.0. The van der Waals surface area contributed by atoms with Crippen LogP contribution in [0.4, 0.5) is 0 Å². The highest BCUT2D eigenvalue weighted by Gasteiger charge is 2.17. The fraction of sp³-hybridized carbons (Fsp3) is 0. The third kappa shape index (κ3) is 6.54. The zero-order valence-electron chi connectivity index (χ0n) is 30.0. The summed E-state index contributed by atoms with van der Waals surface area (Å²) < 4.78 is 0. The van der Waals surface area contributed by atoms with E-state index in [1.807, 2.05) is 97.3 Å². The van der Waals surface area contributed by atoms with Crippen LogP contribution in [-0.2, 0) is 0 Å². The van der Waals surface area contributed by atoms with Crippen LogP contribution in [0.5, 0.6) is 0 Å². The number of nitrogens with zero attached hydrogens (tertiary/aromatic N) is 7. The first kappa shape index (κ1) is 32.8. The summed E-state index contributed by atoms with van der Waals surface area (Å²) in [6, 6.07) is 55.3. The minimum atomic E-state index is 0.531. The normalized spacial score (nSPS) is 11.2. The van der Waals surface area contributed by atoms with Gasteiger partial charge in [0.05, 0.1) is 22.8 Å². The lowest BCUT2D eigenvalue weighted by Crippen LogP contribution is -2.01. The summed E-state index contributed by atoms with van der Waals surface area (Å²) in [7, 11) is 0. The Labute approximate surface area is 323 Å². The molecule has 0 saturated heterocycles. The molecule has 5 aromatic carbocycles. The van der Waals surface area contributed by atoms with Crippen LogP contribution >= 0.6 is 0 Å². The molecule has 0 saturated carbocycles. The molecule has 0 spiro atoms. The molecule has 0 radical (unpaired) electrons. The molecule has 7 heteroatoms. The van der Waals surface area contributed by atoms with Crippen LogP contribution in [-0.4, -0.2) is 34.9 Å². The fourth-order valence-corrected chi connectivity index (χ4v) is 7.00. The molecule has 10 aromatic rings. The molecule has 262 valence electrons. The Hall–Kier alpha value is -7.77. The SMILES string of the molecule is c1ccc(-c2cc(-c3ccccn3)cc(-c3nc(-c4cccc(-c5cc6ccccc6cn5)c4)nc(-c4cccc(-c5cc6ccccc6cn5)c4)n3)c2)nc1. The molecule has 5 heterocycles. The summed E-state index contributed by atoms with van der Waals surface area (Å²) in [5.74, 6) is 1.62. The summed E-state index contributed by atoms with van der Waals surface area (Å²) >= 11 is 0. The Bertz CT molecular complexity index is 2840. The zero-order chi connectivity index (χ0) is 37.3. The Balaban J connectivity index is 1.15. The van der Waals surface area contributed by atoms with E-state index in [2.05, 4.69) is 88.8 Å². The van der Waals surface area contributed by atoms with Gasteiger partial charge in [0.15, 0.2) is 17.5 Å². The Morgan fingerprint density at radius 3 is 1.11 bits per heavy atom. The quantitative estimate of drug-likeness (QED) is 0.162. The first-order chi connectivity index (χ1) is 27.7. The van der Waals surface area contributed by atoms with Gasteiger partial charge in [0.25, 0.3) is 0 Å². The van der Waals surface area contributed by atoms with Crippen LogP contribution in [0.1, 0.15) is 0 Å². The Morgan fingerprint density at radius 2 is 0.643 bits per heavy atom. The van der Waals surface area contributed by atoms with Crippen LogP contribution in [0.2, 0.25) is 0 Å². The number of hydrogen-bond donors (Lipinski definition) is 0. The number of benzene rings is 5. The zero-order valence-corrected chi connectivity index (χ0v) is 30.0. The number of fused-ring (bicyclic) bond motifs is 2. The third-order valence-corrected chi connectivity index (χ3v) is 9.84. The van der Waals surface area contributed by atoms with Gasteiger partial charge in [0.1, 0.15) is 0 Å². The largest absolute Gasteiger partial charge is 0.256 e. The highest BCUT2D eigenvalue weighted by Crippen LogP contribution is 2.34. The van der Waals surface area contributed by atoms with Crippen molar-refractivity contribution in [2.45, 2.75) is 0 Å². The maximum atomic E-state index is 5.17. The van der Waals surface area contributed by atoms with E-state index >= 15 is 0 Å². The molecule has 0 aliphatic carbocycles. The van der Waals surface area contributed by atoms with Crippen molar-refractivity contribution in [1.82, 2.24) is 34.9 Å². The highest BCUT2D eigenvalue weighted by molar-refractivity contribution is 5.87. The minimum absolute atomic E-state index is 0.531. The van der Waals surface area contributed by atoms with E-state index in [0.717, 1.165) is 83.3 Å². The van der Waals surface area contributed by atoms with Crippen LogP contribution in [0.15, 0.2) is 189 Å². The van der Waals surface area contributed by atoms with Crippen LogP contribution in [0, 0.1) is 0 Å². The number of aromatic nitrogens is 7. The maximum Gasteiger partial charge on any atom is 0.164 e. The van der Waals surface area contributed by atoms with Gasteiger partial charge < -0.3 is 0 Å². The van der Waals surface area contributed by atoms with Crippen LogP contribution in [0.25, 0.3) is 101 Å². The molecule has 0 atom stereocenters. The fourth-order valence-electron chi connectivity index (χ4n) is 7.00. The number of hydrogen-bond acceptors (Lipinski definition) is 7. The first-order valence-electron chi connectivity index (χ1n) is 18.4. The average molecular weight is 718 g/mol. The van der Waals surface area contributed by atoms with Crippen molar-refractivity contribution in [2.24, 2.45) is 0 Å². The third-order valence-electron chi connectivity index (χ3n) is 9.84. The van der Waals surface area contributed by atoms with Crippen molar-refractivity contribution in [1.29, 1.82) is 0 Å². The van der Waals surface area contributed by atoms with Gasteiger partial charge in [-0.05, 0) is 77.5 Å². The number of pyridine rings is 4. The van der Waals surface area contributed by atoms with Crippen LogP contribution < -0.4 is 0 Å². The molecule has 0 bridgehead atoms. The average Bonchev–Trinajstić information content (AvgIpc) is 3.29. The van der Waals surface area contributed by atoms with Gasteiger partial charge in [-0.2, -0.15) is 0 Å². The summed E-state index contributed by atoms with van der Waals surface area (Å²) in [5.41, 5.74) is 9.74. The first-order valence-corrected chi connectivity index (χ1v) is 18.4. The van der Waals surface area contributed by atoms with Gasteiger partial charge in [-0.25, -0.2) is 15.0 Å². The lowest BCUT2D eigenvalue weighted by molar-refractivity contribution is 1.07. The molecule has 0 fully saturated rings. The molecule has 0 N–H and O–H groups in total. The monoisotopic (exact) mass is 717 g/mol. The maximum absolute atomic E-state index is 5.17. The molecular formula is C49H31N7.